The van der Waals surface area contributed by atoms with Gasteiger partial charge in [0.25, 0.3) is 0 Å². The quantitative estimate of drug-likeness (QED) is 0.799. The molecule has 2 aromatic rings. The van der Waals surface area contributed by atoms with Crippen molar-refractivity contribution in [2.75, 3.05) is 6.54 Å². The number of nitrogens with two attached hydrogens (primary N) is 1. The molecule has 90 valence electrons. The number of unbranched alkanes of at least 4 members (excludes halogenated alkanes) is 1. The van der Waals surface area contributed by atoms with E-state index in [9.17, 15) is 0 Å². The molecule has 17 heavy (non-hydrogen) atoms. The normalized spacial score (nSPS) is 10.7. The highest BCUT2D eigenvalue weighted by molar-refractivity contribution is 5.60. The van der Waals surface area contributed by atoms with Gasteiger partial charge in [-0.1, -0.05) is 0 Å². The van der Waals surface area contributed by atoms with Crippen molar-refractivity contribution in [3.63, 3.8) is 0 Å². The number of aryl methyl sites for hydroxylation is 1. The predicted molar refractivity (Wildman–Crippen MR) is 68.5 cm³/mol. The lowest BCUT2D eigenvalue weighted by Gasteiger charge is -2.05. The Morgan fingerprint density at radius 3 is 2.94 bits per heavy atom. The van der Waals surface area contributed by atoms with E-state index < -0.39 is 0 Å². The van der Waals surface area contributed by atoms with Gasteiger partial charge in [-0.2, -0.15) is 0 Å². The Morgan fingerprint density at radius 2 is 2.24 bits per heavy atom. The number of hydrogen-bond donors (Lipinski definition) is 1. The molecule has 2 N–H and O–H groups in total. The van der Waals surface area contributed by atoms with Crippen molar-refractivity contribution in [1.82, 2.24) is 14.5 Å². The number of pyridine rings is 1. The van der Waals surface area contributed by atoms with Crippen LogP contribution in [0.1, 0.15) is 18.5 Å². The van der Waals surface area contributed by atoms with Crippen molar-refractivity contribution in [2.45, 2.75) is 26.3 Å². The molecule has 0 unspecified atom stereocenters. The molecule has 0 saturated heterocycles. The van der Waals surface area contributed by atoms with Crippen LogP contribution in [0.4, 0.5) is 0 Å². The molecule has 0 amide bonds. The molecule has 0 aliphatic rings. The second-order valence-corrected chi connectivity index (χ2v) is 4.11. The molecule has 0 aliphatic carbocycles. The fourth-order valence-electron chi connectivity index (χ4n) is 1.88. The maximum Gasteiger partial charge on any atom is 0.0955 e. The third kappa shape index (κ3) is 2.71. The summed E-state index contributed by atoms with van der Waals surface area (Å²) in [6.07, 6.45) is 7.67. The van der Waals surface area contributed by atoms with Crippen molar-refractivity contribution in [2.24, 2.45) is 5.73 Å². The SMILES string of the molecule is Cc1c(-c2cccnc2)ncn1CCCCN. The third-order valence-corrected chi connectivity index (χ3v) is 2.89. The molecule has 4 nitrogen and oxygen atoms in total. The first kappa shape index (κ1) is 11.8. The summed E-state index contributed by atoms with van der Waals surface area (Å²) in [5.74, 6) is 0. The van der Waals surface area contributed by atoms with E-state index in [4.69, 9.17) is 5.73 Å². The molecule has 4 heteroatoms. The van der Waals surface area contributed by atoms with E-state index in [0.717, 1.165) is 37.2 Å². The summed E-state index contributed by atoms with van der Waals surface area (Å²) in [7, 11) is 0. The van der Waals surface area contributed by atoms with Gasteiger partial charge < -0.3 is 10.3 Å². The van der Waals surface area contributed by atoms with Crippen LogP contribution in [0.5, 0.6) is 0 Å². The van der Waals surface area contributed by atoms with Gasteiger partial charge >= 0.3 is 0 Å². The molecule has 0 radical (unpaired) electrons. The summed E-state index contributed by atoms with van der Waals surface area (Å²) < 4.78 is 2.18. The number of imidazole rings is 1. The number of hydrogen-bond acceptors (Lipinski definition) is 3. The maximum atomic E-state index is 5.49. The number of aromatic nitrogens is 3. The van der Waals surface area contributed by atoms with E-state index in [1.165, 1.54) is 5.69 Å². The smallest absolute Gasteiger partial charge is 0.0955 e. The molecule has 2 rings (SSSR count). The second kappa shape index (κ2) is 5.59. The lowest BCUT2D eigenvalue weighted by atomic mass is 10.2. The minimum atomic E-state index is 0.753. The highest BCUT2D eigenvalue weighted by Crippen LogP contribution is 2.20. The summed E-state index contributed by atoms with van der Waals surface area (Å²) >= 11 is 0. The Morgan fingerprint density at radius 1 is 1.35 bits per heavy atom. The van der Waals surface area contributed by atoms with Crippen molar-refractivity contribution >= 4 is 0 Å². The average Bonchev–Trinajstić information content (AvgIpc) is 2.73. The van der Waals surface area contributed by atoms with Crippen LogP contribution in [0, 0.1) is 6.92 Å². The van der Waals surface area contributed by atoms with Gasteiger partial charge in [0.05, 0.1) is 12.0 Å². The Labute approximate surface area is 102 Å². The van der Waals surface area contributed by atoms with Gasteiger partial charge in [-0.3, -0.25) is 4.98 Å². The number of nitrogens with zero attached hydrogens (tertiary/aromatic N) is 3. The van der Waals surface area contributed by atoms with E-state index in [1.807, 2.05) is 24.7 Å². The first-order valence-electron chi connectivity index (χ1n) is 5.95. The average molecular weight is 230 g/mol. The van der Waals surface area contributed by atoms with Crippen LogP contribution in [0.25, 0.3) is 11.3 Å². The fraction of sp³-hybridized carbons (Fsp3) is 0.385. The molecule has 0 aliphatic heterocycles. The molecular formula is C13H18N4. The summed E-state index contributed by atoms with van der Waals surface area (Å²) in [5, 5.41) is 0. The van der Waals surface area contributed by atoms with Gasteiger partial charge in [-0.05, 0) is 38.4 Å². The molecule has 0 bridgehead atoms. The Balaban J connectivity index is 2.15. The van der Waals surface area contributed by atoms with E-state index in [2.05, 4.69) is 21.5 Å². The summed E-state index contributed by atoms with van der Waals surface area (Å²) in [5.41, 5.74) is 8.77. The topological polar surface area (TPSA) is 56.7 Å². The van der Waals surface area contributed by atoms with Crippen LogP contribution in [0.2, 0.25) is 0 Å². The summed E-state index contributed by atoms with van der Waals surface area (Å²) in [6.45, 7) is 3.83. The van der Waals surface area contributed by atoms with E-state index in [-0.39, 0.29) is 0 Å². The molecule has 0 saturated carbocycles. The standard InChI is InChI=1S/C13H18N4/c1-11-13(12-5-4-7-15-9-12)16-10-17(11)8-3-2-6-14/h4-5,7,9-10H,2-3,6,8,14H2,1H3. The Bertz CT molecular complexity index is 462. The zero-order valence-electron chi connectivity index (χ0n) is 10.1. The fourth-order valence-corrected chi connectivity index (χ4v) is 1.88. The molecule has 0 spiro atoms. The molecule has 0 fully saturated rings. The van der Waals surface area contributed by atoms with E-state index in [1.54, 1.807) is 6.20 Å². The lowest BCUT2D eigenvalue weighted by Crippen LogP contribution is -2.03. The van der Waals surface area contributed by atoms with Crippen molar-refractivity contribution in [1.29, 1.82) is 0 Å². The minimum absolute atomic E-state index is 0.753. The number of rotatable bonds is 5. The minimum Gasteiger partial charge on any atom is -0.334 e. The van der Waals surface area contributed by atoms with Gasteiger partial charge in [-0.15, -0.1) is 0 Å². The van der Waals surface area contributed by atoms with Gasteiger partial charge in [0.1, 0.15) is 0 Å². The van der Waals surface area contributed by atoms with Crippen LogP contribution in [0.15, 0.2) is 30.9 Å². The van der Waals surface area contributed by atoms with Crippen LogP contribution < -0.4 is 5.73 Å². The van der Waals surface area contributed by atoms with Crippen molar-refractivity contribution in [3.8, 4) is 11.3 Å². The highest BCUT2D eigenvalue weighted by atomic mass is 15.1. The molecule has 0 aromatic carbocycles. The largest absolute Gasteiger partial charge is 0.334 e. The monoisotopic (exact) mass is 230 g/mol. The summed E-state index contributed by atoms with van der Waals surface area (Å²) in [6, 6.07) is 3.97. The third-order valence-electron chi connectivity index (χ3n) is 2.89. The maximum absolute atomic E-state index is 5.49. The van der Waals surface area contributed by atoms with Crippen LogP contribution in [-0.2, 0) is 6.54 Å². The van der Waals surface area contributed by atoms with Crippen molar-refractivity contribution in [3.05, 3.63) is 36.5 Å². The van der Waals surface area contributed by atoms with Crippen molar-refractivity contribution < 1.29 is 0 Å². The van der Waals surface area contributed by atoms with E-state index >= 15 is 0 Å². The van der Waals surface area contributed by atoms with Crippen LogP contribution >= 0.6 is 0 Å². The van der Waals surface area contributed by atoms with Gasteiger partial charge in [0, 0.05) is 30.2 Å². The van der Waals surface area contributed by atoms with Gasteiger partial charge in [0.2, 0.25) is 0 Å². The molecular weight excluding hydrogens is 212 g/mol. The predicted octanol–water partition coefficient (Wildman–Crippen LogP) is 1.99. The molecule has 2 heterocycles. The van der Waals surface area contributed by atoms with Gasteiger partial charge in [0.15, 0.2) is 0 Å². The first-order chi connectivity index (χ1) is 8.33. The van der Waals surface area contributed by atoms with Crippen LogP contribution in [0.3, 0.4) is 0 Å². The zero-order valence-corrected chi connectivity index (χ0v) is 10.1. The molecule has 2 aromatic heterocycles. The first-order valence-corrected chi connectivity index (χ1v) is 5.95. The van der Waals surface area contributed by atoms with Crippen LogP contribution in [-0.4, -0.2) is 21.1 Å². The Kier molecular flexibility index (Phi) is 3.88. The van der Waals surface area contributed by atoms with Gasteiger partial charge in [-0.25, -0.2) is 4.98 Å². The second-order valence-electron chi connectivity index (χ2n) is 4.11. The highest BCUT2D eigenvalue weighted by Gasteiger charge is 2.08. The zero-order chi connectivity index (χ0) is 12.1. The lowest BCUT2D eigenvalue weighted by molar-refractivity contribution is 0.604. The Hall–Kier alpha value is -1.68. The summed E-state index contributed by atoms with van der Waals surface area (Å²) in [4.78, 5) is 8.58. The molecule has 0 atom stereocenters. The van der Waals surface area contributed by atoms with E-state index in [0.29, 0.717) is 0 Å².